The lowest BCUT2D eigenvalue weighted by Crippen LogP contribution is -2.17. The average Bonchev–Trinajstić information content (AvgIpc) is 3.56. The second kappa shape index (κ2) is 9.09. The van der Waals surface area contributed by atoms with Crippen molar-refractivity contribution in [3.63, 3.8) is 0 Å². The predicted molar refractivity (Wildman–Crippen MR) is 135 cm³/mol. The van der Waals surface area contributed by atoms with Crippen LogP contribution in [0.2, 0.25) is 0 Å². The summed E-state index contributed by atoms with van der Waals surface area (Å²) in [7, 11) is 1.92. The van der Waals surface area contributed by atoms with Gasteiger partial charge in [-0.05, 0) is 48.4 Å². The number of aryl methyl sites for hydroxylation is 1. The third-order valence-corrected chi connectivity index (χ3v) is 8.46. The Morgan fingerprint density at radius 1 is 1.12 bits per heavy atom. The quantitative estimate of drug-likeness (QED) is 0.347. The van der Waals surface area contributed by atoms with Crippen LogP contribution in [0.15, 0.2) is 52.9 Å². The van der Waals surface area contributed by atoms with Crippen molar-refractivity contribution in [2.75, 3.05) is 0 Å². The molecular formula is C24H26N8S2. The van der Waals surface area contributed by atoms with Gasteiger partial charge < -0.3 is 5.73 Å². The molecule has 0 bridgehead atoms. The summed E-state index contributed by atoms with van der Waals surface area (Å²) in [5, 5.41) is 20.6. The zero-order valence-electron chi connectivity index (χ0n) is 19.0. The number of aromatic nitrogens is 7. The summed E-state index contributed by atoms with van der Waals surface area (Å²) in [4.78, 5) is 6.47. The number of nitrogens with zero attached hydrogens (tertiary/aromatic N) is 7. The molecule has 0 saturated heterocycles. The van der Waals surface area contributed by atoms with Crippen molar-refractivity contribution in [1.29, 1.82) is 0 Å². The molecule has 4 aromatic heterocycles. The van der Waals surface area contributed by atoms with E-state index in [0.717, 1.165) is 54.4 Å². The number of fused-ring (bicyclic) bond motifs is 2. The van der Waals surface area contributed by atoms with Gasteiger partial charge in [0, 0.05) is 40.8 Å². The average molecular weight is 491 g/mol. The van der Waals surface area contributed by atoms with Crippen molar-refractivity contribution in [3.8, 4) is 11.1 Å². The van der Waals surface area contributed by atoms with E-state index in [2.05, 4.69) is 38.5 Å². The second-order valence-corrected chi connectivity index (χ2v) is 11.1. The molecule has 8 nitrogen and oxygen atoms in total. The number of benzene rings is 1. The zero-order chi connectivity index (χ0) is 23.1. The molecule has 0 spiro atoms. The van der Waals surface area contributed by atoms with Crippen LogP contribution in [0.4, 0.5) is 0 Å². The van der Waals surface area contributed by atoms with E-state index in [9.17, 15) is 0 Å². The topological polar surface area (TPSA) is 99.8 Å². The standard InChI is InChI=1S/C24H26N8S2/c1-31-14-18(13-27-31)17-10-16-11-19(7-8-21(16)26-12-17)33-23-28-29-24-32(23)30-22(34-24)20(25)9-15-5-3-2-4-6-15/h7-8,10-15,20H,2-6,9,25H2,1H3/t20-/m0/s1. The van der Waals surface area contributed by atoms with Crippen molar-refractivity contribution in [2.24, 2.45) is 18.7 Å². The maximum atomic E-state index is 6.54. The van der Waals surface area contributed by atoms with E-state index in [0.29, 0.717) is 0 Å². The van der Waals surface area contributed by atoms with E-state index in [4.69, 9.17) is 10.8 Å². The van der Waals surface area contributed by atoms with E-state index >= 15 is 0 Å². The maximum absolute atomic E-state index is 6.54. The molecule has 1 aliphatic carbocycles. The normalized spacial score (nSPS) is 15.9. The largest absolute Gasteiger partial charge is 0.322 e. The Balaban J connectivity index is 1.24. The summed E-state index contributed by atoms with van der Waals surface area (Å²) in [6.07, 6.45) is 13.3. The van der Waals surface area contributed by atoms with Crippen LogP contribution in [0.5, 0.6) is 0 Å². The summed E-state index contributed by atoms with van der Waals surface area (Å²) < 4.78 is 3.63. The third kappa shape index (κ3) is 4.33. The third-order valence-electron chi connectivity index (χ3n) is 6.51. The predicted octanol–water partition coefficient (Wildman–Crippen LogP) is 5.26. The fourth-order valence-electron chi connectivity index (χ4n) is 4.72. The van der Waals surface area contributed by atoms with Gasteiger partial charge in [-0.25, -0.2) is 0 Å². The molecule has 1 fully saturated rings. The van der Waals surface area contributed by atoms with Crippen LogP contribution >= 0.6 is 23.1 Å². The van der Waals surface area contributed by atoms with Crippen LogP contribution in [-0.2, 0) is 7.05 Å². The Hall–Kier alpha value is -2.82. The monoisotopic (exact) mass is 490 g/mol. The van der Waals surface area contributed by atoms with Crippen LogP contribution in [0.1, 0.15) is 49.6 Å². The van der Waals surface area contributed by atoms with Gasteiger partial charge in [0.1, 0.15) is 5.01 Å². The van der Waals surface area contributed by atoms with Crippen LogP contribution in [0.3, 0.4) is 0 Å². The summed E-state index contributed by atoms with van der Waals surface area (Å²) in [5.41, 5.74) is 9.59. The van der Waals surface area contributed by atoms with Gasteiger partial charge >= 0.3 is 0 Å². The van der Waals surface area contributed by atoms with Crippen molar-refractivity contribution in [3.05, 3.63) is 47.9 Å². The van der Waals surface area contributed by atoms with Crippen molar-refractivity contribution in [2.45, 2.75) is 54.6 Å². The molecule has 1 aliphatic rings. The highest BCUT2D eigenvalue weighted by Crippen LogP contribution is 2.34. The van der Waals surface area contributed by atoms with E-state index in [1.165, 1.54) is 32.1 Å². The number of hydrogen-bond donors (Lipinski definition) is 1. The molecule has 0 aliphatic heterocycles. The maximum Gasteiger partial charge on any atom is 0.235 e. The van der Waals surface area contributed by atoms with Crippen LogP contribution in [-0.4, -0.2) is 34.6 Å². The van der Waals surface area contributed by atoms with Crippen molar-refractivity contribution < 1.29 is 0 Å². The van der Waals surface area contributed by atoms with Crippen molar-refractivity contribution >= 4 is 39.0 Å². The number of nitrogens with two attached hydrogens (primary N) is 1. The molecule has 174 valence electrons. The minimum Gasteiger partial charge on any atom is -0.322 e. The fraction of sp³-hybridized carbons (Fsp3) is 0.375. The Kier molecular flexibility index (Phi) is 5.80. The molecule has 0 unspecified atom stereocenters. The molecular weight excluding hydrogens is 464 g/mol. The molecule has 4 heterocycles. The van der Waals surface area contributed by atoms with Crippen LogP contribution < -0.4 is 5.73 Å². The van der Waals surface area contributed by atoms with E-state index in [1.54, 1.807) is 27.8 Å². The first kappa shape index (κ1) is 21.7. The van der Waals surface area contributed by atoms with E-state index in [1.807, 2.05) is 36.2 Å². The smallest absolute Gasteiger partial charge is 0.235 e. The SMILES string of the molecule is Cn1cc(-c2cnc3ccc(Sc4nnc5sc([C@@H](N)CC6CCCCC6)nn45)cc3c2)cn1. The summed E-state index contributed by atoms with van der Waals surface area (Å²) >= 11 is 3.11. The number of rotatable bonds is 6. The second-order valence-electron chi connectivity index (χ2n) is 9.05. The van der Waals surface area contributed by atoms with Gasteiger partial charge in [0.15, 0.2) is 0 Å². The molecule has 0 radical (unpaired) electrons. The first-order valence-corrected chi connectivity index (χ1v) is 13.3. The van der Waals surface area contributed by atoms with Gasteiger partial charge in [-0.2, -0.15) is 14.7 Å². The minimum absolute atomic E-state index is 0.0368. The molecule has 6 rings (SSSR count). The van der Waals surface area contributed by atoms with Gasteiger partial charge in [0.05, 0.1) is 17.8 Å². The zero-order valence-corrected chi connectivity index (χ0v) is 20.6. The molecule has 1 aromatic carbocycles. The highest BCUT2D eigenvalue weighted by molar-refractivity contribution is 7.99. The highest BCUT2D eigenvalue weighted by atomic mass is 32.2. The Morgan fingerprint density at radius 2 is 2.00 bits per heavy atom. The molecule has 1 atom stereocenters. The summed E-state index contributed by atoms with van der Waals surface area (Å²) in [6.45, 7) is 0. The van der Waals surface area contributed by atoms with Crippen LogP contribution in [0.25, 0.3) is 27.0 Å². The lowest BCUT2D eigenvalue weighted by Gasteiger charge is -2.23. The Morgan fingerprint density at radius 3 is 2.82 bits per heavy atom. The van der Waals surface area contributed by atoms with Gasteiger partial charge in [0.25, 0.3) is 0 Å². The molecule has 10 heteroatoms. The molecule has 0 amide bonds. The van der Waals surface area contributed by atoms with Gasteiger partial charge in [-0.3, -0.25) is 9.67 Å². The summed E-state index contributed by atoms with van der Waals surface area (Å²) in [5.74, 6) is 0.717. The molecule has 34 heavy (non-hydrogen) atoms. The van der Waals surface area contributed by atoms with Gasteiger partial charge in [0.2, 0.25) is 10.1 Å². The first-order valence-electron chi connectivity index (χ1n) is 11.7. The number of hydrogen-bond acceptors (Lipinski definition) is 8. The number of pyridine rings is 1. The minimum atomic E-state index is -0.0368. The van der Waals surface area contributed by atoms with Gasteiger partial charge in [-0.1, -0.05) is 43.4 Å². The lowest BCUT2D eigenvalue weighted by molar-refractivity contribution is 0.318. The first-order chi connectivity index (χ1) is 16.6. The highest BCUT2D eigenvalue weighted by Gasteiger charge is 2.22. The van der Waals surface area contributed by atoms with E-state index < -0.39 is 0 Å². The van der Waals surface area contributed by atoms with E-state index in [-0.39, 0.29) is 6.04 Å². The Bertz CT molecular complexity index is 1450. The molecule has 1 saturated carbocycles. The summed E-state index contributed by atoms with van der Waals surface area (Å²) in [6, 6.07) is 8.34. The lowest BCUT2D eigenvalue weighted by atomic mass is 9.85. The Labute approximate surface area is 205 Å². The molecule has 2 N–H and O–H groups in total. The fourth-order valence-corrected chi connectivity index (χ4v) is 6.46. The molecule has 5 aromatic rings. The van der Waals surface area contributed by atoms with Crippen molar-refractivity contribution in [1.82, 2.24) is 34.6 Å². The van der Waals surface area contributed by atoms with Gasteiger partial charge in [-0.15, -0.1) is 10.2 Å². The van der Waals surface area contributed by atoms with Crippen LogP contribution in [0, 0.1) is 5.92 Å².